The van der Waals surface area contributed by atoms with Crippen LogP contribution in [0.3, 0.4) is 0 Å². The molecule has 3 heterocycles. The Labute approximate surface area is 239 Å². The number of benzene rings is 2. The minimum Gasteiger partial charge on any atom is -0.473 e. The van der Waals surface area contributed by atoms with E-state index in [1.54, 1.807) is 23.1 Å². The van der Waals surface area contributed by atoms with E-state index in [1.165, 1.54) is 24.5 Å². The summed E-state index contributed by atoms with van der Waals surface area (Å²) in [6, 6.07) is 15.1. The van der Waals surface area contributed by atoms with E-state index in [2.05, 4.69) is 35.1 Å². The van der Waals surface area contributed by atoms with E-state index in [4.69, 9.17) is 4.74 Å². The highest BCUT2D eigenvalue weighted by Gasteiger charge is 2.23. The van der Waals surface area contributed by atoms with Crippen LogP contribution in [-0.2, 0) is 16.4 Å². The van der Waals surface area contributed by atoms with Crippen LogP contribution in [0, 0.1) is 0 Å². The number of aromatic nitrogens is 6. The van der Waals surface area contributed by atoms with Crippen LogP contribution in [0.1, 0.15) is 24.8 Å². The Balaban J connectivity index is 1.30. The fourth-order valence-corrected chi connectivity index (χ4v) is 5.22. The molecular formula is C28H25F2N7O4S. The number of hydrogen-bond acceptors (Lipinski definition) is 10. The number of halogens is 2. The van der Waals surface area contributed by atoms with Gasteiger partial charge in [0, 0.05) is 18.4 Å². The average Bonchev–Trinajstić information content (AvgIpc) is 3.48. The molecule has 5 aromatic rings. The Bertz CT molecular complexity index is 1830. The van der Waals surface area contributed by atoms with Crippen molar-refractivity contribution in [2.75, 3.05) is 11.6 Å². The highest BCUT2D eigenvalue weighted by molar-refractivity contribution is 7.90. The first-order valence-corrected chi connectivity index (χ1v) is 14.9. The third kappa shape index (κ3) is 5.98. The lowest BCUT2D eigenvalue weighted by atomic mass is 9.96. The van der Waals surface area contributed by atoms with Crippen LogP contribution >= 0.6 is 0 Å². The molecule has 216 valence electrons. The Morgan fingerprint density at radius 1 is 1.05 bits per heavy atom. The summed E-state index contributed by atoms with van der Waals surface area (Å²) in [5, 5.41) is 7.37. The van der Waals surface area contributed by atoms with Crippen LogP contribution < -0.4 is 14.8 Å². The molecule has 0 unspecified atom stereocenters. The van der Waals surface area contributed by atoms with E-state index in [-0.39, 0.29) is 11.0 Å². The van der Waals surface area contributed by atoms with E-state index < -0.39 is 22.2 Å². The SMILES string of the molecule is CS(=O)(=O)c1cc(-c2ccc3nc(NCc4ccc(-n5cncn5)cc4)nc(OC4CCC4)c3n2)ccc1OC(F)F. The smallest absolute Gasteiger partial charge is 0.387 e. The highest BCUT2D eigenvalue weighted by atomic mass is 32.2. The van der Waals surface area contributed by atoms with Crippen LogP contribution in [0.5, 0.6) is 11.6 Å². The van der Waals surface area contributed by atoms with E-state index in [0.717, 1.165) is 36.8 Å². The maximum Gasteiger partial charge on any atom is 0.387 e. The number of anilines is 1. The molecular weight excluding hydrogens is 568 g/mol. The average molecular weight is 594 g/mol. The molecule has 0 aliphatic heterocycles. The van der Waals surface area contributed by atoms with Gasteiger partial charge >= 0.3 is 6.61 Å². The summed E-state index contributed by atoms with van der Waals surface area (Å²) in [4.78, 5) is 17.5. The maximum absolute atomic E-state index is 12.9. The standard InChI is InChI=1S/C28H25F2N7O4S/c1-42(38,39)24-13-18(7-12-23(24)41-27(29)30)21-10-11-22-25(34-21)26(40-20-3-2-4-20)36-28(35-22)32-14-17-5-8-19(9-6-17)37-16-31-15-33-37/h5-13,15-16,20,27H,2-4,14H2,1H3,(H,32,35,36). The number of nitrogens with zero attached hydrogens (tertiary/aromatic N) is 6. The molecule has 0 saturated heterocycles. The predicted molar refractivity (Wildman–Crippen MR) is 149 cm³/mol. The van der Waals surface area contributed by atoms with Gasteiger partial charge in [-0.1, -0.05) is 12.1 Å². The van der Waals surface area contributed by atoms with Crippen LogP contribution in [0.2, 0.25) is 0 Å². The zero-order valence-electron chi connectivity index (χ0n) is 22.3. The molecule has 1 N–H and O–H groups in total. The molecule has 0 bridgehead atoms. The lowest BCUT2D eigenvalue weighted by Crippen LogP contribution is -2.25. The van der Waals surface area contributed by atoms with Gasteiger partial charge in [0.05, 0.1) is 16.9 Å². The zero-order valence-corrected chi connectivity index (χ0v) is 23.1. The topological polar surface area (TPSA) is 134 Å². The largest absolute Gasteiger partial charge is 0.473 e. The Hall–Kier alpha value is -4.72. The van der Waals surface area contributed by atoms with Gasteiger partial charge in [-0.15, -0.1) is 0 Å². The van der Waals surface area contributed by atoms with Crippen LogP contribution in [0.15, 0.2) is 72.1 Å². The van der Waals surface area contributed by atoms with E-state index in [0.29, 0.717) is 40.7 Å². The monoisotopic (exact) mass is 593 g/mol. The number of sulfone groups is 1. The molecule has 1 aliphatic rings. The number of hydrogen-bond donors (Lipinski definition) is 1. The summed E-state index contributed by atoms with van der Waals surface area (Å²) in [6.07, 6.45) is 6.89. The van der Waals surface area contributed by atoms with Gasteiger partial charge in [0.1, 0.15) is 29.4 Å². The van der Waals surface area contributed by atoms with Gasteiger partial charge in [-0.2, -0.15) is 18.9 Å². The van der Waals surface area contributed by atoms with Gasteiger partial charge in [0.2, 0.25) is 11.8 Å². The fourth-order valence-electron chi connectivity index (χ4n) is 4.40. The first-order valence-electron chi connectivity index (χ1n) is 13.1. The van der Waals surface area contributed by atoms with Crippen molar-refractivity contribution < 1.29 is 26.7 Å². The first-order chi connectivity index (χ1) is 20.2. The number of rotatable bonds is 10. The van der Waals surface area contributed by atoms with Crippen molar-refractivity contribution in [1.29, 1.82) is 0 Å². The molecule has 3 aromatic heterocycles. The summed E-state index contributed by atoms with van der Waals surface area (Å²) in [5.74, 6) is 0.231. The Kier molecular flexibility index (Phi) is 7.37. The third-order valence-electron chi connectivity index (χ3n) is 6.77. The van der Waals surface area contributed by atoms with Crippen molar-refractivity contribution in [3.8, 4) is 28.6 Å². The first kappa shape index (κ1) is 27.4. The van der Waals surface area contributed by atoms with Crippen molar-refractivity contribution in [2.24, 2.45) is 0 Å². The highest BCUT2D eigenvalue weighted by Crippen LogP contribution is 2.34. The van der Waals surface area contributed by atoms with Gasteiger partial charge in [-0.25, -0.2) is 28.1 Å². The molecule has 1 aliphatic carbocycles. The summed E-state index contributed by atoms with van der Waals surface area (Å²) in [7, 11) is -3.87. The zero-order chi connectivity index (χ0) is 29.3. The number of ether oxygens (including phenoxy) is 2. The van der Waals surface area contributed by atoms with Crippen molar-refractivity contribution in [2.45, 2.75) is 43.4 Å². The molecule has 0 radical (unpaired) electrons. The van der Waals surface area contributed by atoms with Crippen LogP contribution in [-0.4, -0.2) is 57.1 Å². The summed E-state index contributed by atoms with van der Waals surface area (Å²) in [5.41, 5.74) is 3.59. The second-order valence-corrected chi connectivity index (χ2v) is 11.7. The molecule has 1 saturated carbocycles. The normalized spacial score (nSPS) is 13.7. The molecule has 6 rings (SSSR count). The van der Waals surface area contributed by atoms with Gasteiger partial charge in [0.15, 0.2) is 15.4 Å². The van der Waals surface area contributed by atoms with Crippen LogP contribution in [0.4, 0.5) is 14.7 Å². The number of pyridine rings is 1. The van der Waals surface area contributed by atoms with E-state index in [9.17, 15) is 17.2 Å². The molecule has 2 aromatic carbocycles. The van der Waals surface area contributed by atoms with Gasteiger partial charge in [0.25, 0.3) is 0 Å². The van der Waals surface area contributed by atoms with Crippen molar-refractivity contribution in [1.82, 2.24) is 29.7 Å². The van der Waals surface area contributed by atoms with Gasteiger partial charge in [-0.3, -0.25) is 0 Å². The molecule has 14 heteroatoms. The molecule has 0 spiro atoms. The van der Waals surface area contributed by atoms with Gasteiger partial charge < -0.3 is 14.8 Å². The summed E-state index contributed by atoms with van der Waals surface area (Å²) >= 11 is 0. The third-order valence-corrected chi connectivity index (χ3v) is 7.88. The molecule has 0 atom stereocenters. The predicted octanol–water partition coefficient (Wildman–Crippen LogP) is 4.82. The van der Waals surface area contributed by atoms with Crippen LogP contribution in [0.25, 0.3) is 28.0 Å². The summed E-state index contributed by atoms with van der Waals surface area (Å²) in [6.45, 7) is -2.71. The Morgan fingerprint density at radius 2 is 1.86 bits per heavy atom. The van der Waals surface area contributed by atoms with Crippen molar-refractivity contribution in [3.05, 3.63) is 72.8 Å². The Morgan fingerprint density at radius 3 is 2.52 bits per heavy atom. The maximum atomic E-state index is 12.9. The second kappa shape index (κ2) is 11.3. The quantitative estimate of drug-likeness (QED) is 0.240. The molecule has 0 amide bonds. The minimum atomic E-state index is -3.87. The van der Waals surface area contributed by atoms with E-state index in [1.807, 2.05) is 24.3 Å². The second-order valence-electron chi connectivity index (χ2n) is 9.76. The molecule has 42 heavy (non-hydrogen) atoms. The van der Waals surface area contributed by atoms with Gasteiger partial charge in [-0.05, 0) is 67.3 Å². The lowest BCUT2D eigenvalue weighted by Gasteiger charge is -2.26. The minimum absolute atomic E-state index is 0.00773. The molecule has 11 nitrogen and oxygen atoms in total. The van der Waals surface area contributed by atoms with E-state index >= 15 is 0 Å². The number of nitrogens with one attached hydrogen (secondary N) is 1. The lowest BCUT2D eigenvalue weighted by molar-refractivity contribution is -0.0517. The number of alkyl halides is 2. The summed E-state index contributed by atoms with van der Waals surface area (Å²) < 4.78 is 62.6. The van der Waals surface area contributed by atoms with Crippen molar-refractivity contribution in [3.63, 3.8) is 0 Å². The fraction of sp³-hybridized carbons (Fsp3) is 0.250. The molecule has 1 fully saturated rings. The number of fused-ring (bicyclic) bond motifs is 1. The van der Waals surface area contributed by atoms with Crippen molar-refractivity contribution >= 4 is 26.8 Å².